The molecule has 2 fully saturated rings. The molecule has 1 unspecified atom stereocenters. The van der Waals surface area contributed by atoms with Crippen LogP contribution in [0.2, 0.25) is 0 Å². The molecule has 1 aromatic rings. The molecule has 0 amide bonds. The normalized spacial score (nSPS) is 25.2. The van der Waals surface area contributed by atoms with E-state index >= 15 is 0 Å². The van der Waals surface area contributed by atoms with Crippen LogP contribution >= 0.6 is 0 Å². The molecule has 2 saturated heterocycles. The van der Waals surface area contributed by atoms with Gasteiger partial charge in [0.15, 0.2) is 0 Å². The van der Waals surface area contributed by atoms with E-state index < -0.39 is 0 Å². The second-order valence-electron chi connectivity index (χ2n) is 6.64. The number of nitrogens with one attached hydrogen (secondary N) is 1. The van der Waals surface area contributed by atoms with Crippen LogP contribution in [0.1, 0.15) is 32.1 Å². The number of para-hydroxylation sites is 1. The highest BCUT2D eigenvalue weighted by Gasteiger charge is 2.22. The SMILES string of the molecule is CN1CCCCC1CNC1CCN(c2ccccc2)CC1. The summed E-state index contributed by atoms with van der Waals surface area (Å²) in [5.41, 5.74) is 1.38. The van der Waals surface area contributed by atoms with E-state index in [2.05, 4.69) is 52.5 Å². The van der Waals surface area contributed by atoms with Crippen LogP contribution in [0.5, 0.6) is 0 Å². The molecule has 0 aromatic heterocycles. The van der Waals surface area contributed by atoms with Crippen molar-refractivity contribution in [3.8, 4) is 0 Å². The van der Waals surface area contributed by atoms with E-state index in [0.29, 0.717) is 6.04 Å². The number of hydrogen-bond donors (Lipinski definition) is 1. The Morgan fingerprint density at radius 2 is 1.76 bits per heavy atom. The Morgan fingerprint density at radius 3 is 2.48 bits per heavy atom. The van der Waals surface area contributed by atoms with Gasteiger partial charge in [0, 0.05) is 37.4 Å². The van der Waals surface area contributed by atoms with Crippen LogP contribution < -0.4 is 10.2 Å². The molecule has 3 nitrogen and oxygen atoms in total. The Kier molecular flexibility index (Phi) is 5.15. The minimum Gasteiger partial charge on any atom is -0.371 e. The predicted molar refractivity (Wildman–Crippen MR) is 89.9 cm³/mol. The molecule has 2 heterocycles. The van der Waals surface area contributed by atoms with Crippen molar-refractivity contribution in [1.29, 1.82) is 0 Å². The maximum atomic E-state index is 3.83. The van der Waals surface area contributed by atoms with Crippen molar-refractivity contribution >= 4 is 5.69 Å². The number of nitrogens with zero attached hydrogens (tertiary/aromatic N) is 2. The van der Waals surface area contributed by atoms with Crippen molar-refractivity contribution in [1.82, 2.24) is 10.2 Å². The van der Waals surface area contributed by atoms with Gasteiger partial charge in [0.05, 0.1) is 0 Å². The molecule has 2 aliphatic rings. The van der Waals surface area contributed by atoms with Gasteiger partial charge in [-0.25, -0.2) is 0 Å². The average molecular weight is 287 g/mol. The van der Waals surface area contributed by atoms with Gasteiger partial charge in [-0.1, -0.05) is 24.6 Å². The van der Waals surface area contributed by atoms with Gasteiger partial charge in [-0.2, -0.15) is 0 Å². The molecule has 116 valence electrons. The monoisotopic (exact) mass is 287 g/mol. The summed E-state index contributed by atoms with van der Waals surface area (Å²) >= 11 is 0. The summed E-state index contributed by atoms with van der Waals surface area (Å²) in [6, 6.07) is 12.3. The maximum absolute atomic E-state index is 3.83. The Balaban J connectivity index is 1.41. The van der Waals surface area contributed by atoms with Gasteiger partial charge in [0.25, 0.3) is 0 Å². The largest absolute Gasteiger partial charge is 0.371 e. The van der Waals surface area contributed by atoms with E-state index in [4.69, 9.17) is 0 Å². The minimum absolute atomic E-state index is 0.709. The molecule has 3 heteroatoms. The summed E-state index contributed by atoms with van der Waals surface area (Å²) in [5, 5.41) is 3.83. The second-order valence-corrected chi connectivity index (χ2v) is 6.64. The highest BCUT2D eigenvalue weighted by Crippen LogP contribution is 2.20. The molecule has 0 saturated carbocycles. The quantitative estimate of drug-likeness (QED) is 0.918. The van der Waals surface area contributed by atoms with Crippen molar-refractivity contribution in [3.63, 3.8) is 0 Å². The Hall–Kier alpha value is -1.06. The van der Waals surface area contributed by atoms with E-state index in [1.807, 2.05) is 0 Å². The number of anilines is 1. The molecule has 0 aliphatic carbocycles. The fraction of sp³-hybridized carbons (Fsp3) is 0.667. The van der Waals surface area contributed by atoms with Crippen LogP contribution in [0.15, 0.2) is 30.3 Å². The first kappa shape index (κ1) is 14.9. The predicted octanol–water partition coefficient (Wildman–Crippen LogP) is 2.73. The number of likely N-dealkylation sites (N-methyl/N-ethyl adjacent to an activating group) is 1. The summed E-state index contributed by atoms with van der Waals surface area (Å²) in [5.74, 6) is 0. The fourth-order valence-corrected chi connectivity index (χ4v) is 3.69. The van der Waals surface area contributed by atoms with E-state index in [9.17, 15) is 0 Å². The highest BCUT2D eigenvalue weighted by atomic mass is 15.2. The number of piperidine rings is 2. The second kappa shape index (κ2) is 7.28. The van der Waals surface area contributed by atoms with Crippen molar-refractivity contribution < 1.29 is 0 Å². The molecular weight excluding hydrogens is 258 g/mol. The van der Waals surface area contributed by atoms with Gasteiger partial charge < -0.3 is 15.1 Å². The summed E-state index contributed by atoms with van der Waals surface area (Å²) < 4.78 is 0. The Morgan fingerprint density at radius 1 is 1.00 bits per heavy atom. The van der Waals surface area contributed by atoms with Gasteiger partial charge >= 0.3 is 0 Å². The van der Waals surface area contributed by atoms with Gasteiger partial charge in [0.2, 0.25) is 0 Å². The first-order valence-electron chi connectivity index (χ1n) is 8.56. The molecular formula is C18H29N3. The van der Waals surface area contributed by atoms with Crippen LogP contribution in [0.4, 0.5) is 5.69 Å². The van der Waals surface area contributed by atoms with Gasteiger partial charge in [0.1, 0.15) is 0 Å². The summed E-state index contributed by atoms with van der Waals surface area (Å²) in [4.78, 5) is 5.06. The average Bonchev–Trinajstić information content (AvgIpc) is 2.55. The van der Waals surface area contributed by atoms with Crippen LogP contribution in [-0.2, 0) is 0 Å². The standard InChI is InChI=1S/C18H29N3/c1-20-12-6-5-9-18(20)15-19-16-10-13-21(14-11-16)17-7-3-2-4-8-17/h2-4,7-8,16,18-19H,5-6,9-15H2,1H3. The third-order valence-electron chi connectivity index (χ3n) is 5.18. The number of rotatable bonds is 4. The zero-order valence-electron chi connectivity index (χ0n) is 13.3. The third-order valence-corrected chi connectivity index (χ3v) is 5.18. The Bertz CT molecular complexity index is 412. The van der Waals surface area contributed by atoms with Crippen molar-refractivity contribution in [2.24, 2.45) is 0 Å². The molecule has 1 N–H and O–H groups in total. The van der Waals surface area contributed by atoms with Gasteiger partial charge in [-0.15, -0.1) is 0 Å². The summed E-state index contributed by atoms with van der Waals surface area (Å²) in [7, 11) is 2.28. The zero-order valence-corrected chi connectivity index (χ0v) is 13.3. The third kappa shape index (κ3) is 3.98. The first-order chi connectivity index (χ1) is 10.3. The topological polar surface area (TPSA) is 18.5 Å². The molecule has 1 atom stereocenters. The zero-order chi connectivity index (χ0) is 14.5. The maximum Gasteiger partial charge on any atom is 0.0366 e. The minimum atomic E-state index is 0.709. The molecule has 3 rings (SSSR count). The first-order valence-corrected chi connectivity index (χ1v) is 8.56. The van der Waals surface area contributed by atoms with Crippen LogP contribution in [-0.4, -0.2) is 50.2 Å². The molecule has 0 radical (unpaired) electrons. The van der Waals surface area contributed by atoms with Crippen LogP contribution in [0, 0.1) is 0 Å². The lowest BCUT2D eigenvalue weighted by Gasteiger charge is -2.37. The Labute approximate surface area is 129 Å². The lowest BCUT2D eigenvalue weighted by molar-refractivity contribution is 0.175. The van der Waals surface area contributed by atoms with E-state index in [1.54, 1.807) is 0 Å². The van der Waals surface area contributed by atoms with E-state index in [-0.39, 0.29) is 0 Å². The number of likely N-dealkylation sites (tertiary alicyclic amines) is 1. The smallest absolute Gasteiger partial charge is 0.0366 e. The van der Waals surface area contributed by atoms with Crippen molar-refractivity contribution in [2.45, 2.75) is 44.2 Å². The van der Waals surface area contributed by atoms with Crippen molar-refractivity contribution in [2.75, 3.05) is 38.1 Å². The molecule has 1 aromatic carbocycles. The fourth-order valence-electron chi connectivity index (χ4n) is 3.69. The van der Waals surface area contributed by atoms with Gasteiger partial charge in [-0.3, -0.25) is 0 Å². The molecule has 0 bridgehead atoms. The summed E-state index contributed by atoms with van der Waals surface area (Å²) in [6.07, 6.45) is 6.69. The lowest BCUT2D eigenvalue weighted by Crippen LogP contribution is -2.48. The lowest BCUT2D eigenvalue weighted by atomic mass is 10.0. The van der Waals surface area contributed by atoms with Gasteiger partial charge in [-0.05, 0) is 51.4 Å². The summed E-state index contributed by atoms with van der Waals surface area (Å²) in [6.45, 7) is 4.82. The molecule has 0 spiro atoms. The molecule has 21 heavy (non-hydrogen) atoms. The van der Waals surface area contributed by atoms with E-state index in [1.165, 1.54) is 64.0 Å². The number of benzene rings is 1. The molecule has 2 aliphatic heterocycles. The number of hydrogen-bond acceptors (Lipinski definition) is 3. The van der Waals surface area contributed by atoms with Crippen LogP contribution in [0.25, 0.3) is 0 Å². The highest BCUT2D eigenvalue weighted by molar-refractivity contribution is 5.46. The van der Waals surface area contributed by atoms with Crippen LogP contribution in [0.3, 0.4) is 0 Å². The van der Waals surface area contributed by atoms with Crippen molar-refractivity contribution in [3.05, 3.63) is 30.3 Å². The van der Waals surface area contributed by atoms with E-state index in [0.717, 1.165) is 6.04 Å².